The van der Waals surface area contributed by atoms with Crippen molar-refractivity contribution in [2.24, 2.45) is 0 Å². The molecule has 3 amide bonds. The van der Waals surface area contributed by atoms with Crippen LogP contribution in [0.4, 0.5) is 10.6 Å². The van der Waals surface area contributed by atoms with Crippen LogP contribution in [0, 0.1) is 0 Å². The summed E-state index contributed by atoms with van der Waals surface area (Å²) in [5, 5.41) is 17.5. The number of H-pyrrole nitrogens is 1. The summed E-state index contributed by atoms with van der Waals surface area (Å²) in [5.41, 5.74) is 0.440. The first-order valence-electron chi connectivity index (χ1n) is 12.6. The number of aromatic amines is 1. The molecule has 2 N–H and O–H groups in total. The van der Waals surface area contributed by atoms with E-state index in [1.807, 2.05) is 25.7 Å². The highest BCUT2D eigenvalue weighted by Crippen LogP contribution is 2.32. The Balaban J connectivity index is 1.36. The molecule has 2 aromatic heterocycles. The van der Waals surface area contributed by atoms with Gasteiger partial charge in [0.15, 0.2) is 11.5 Å². The minimum absolute atomic E-state index is 0.0158. The fourth-order valence-electron chi connectivity index (χ4n) is 4.86. The first-order valence-corrected chi connectivity index (χ1v) is 12.6. The summed E-state index contributed by atoms with van der Waals surface area (Å²) in [5.74, 6) is 0.0388. The van der Waals surface area contributed by atoms with Gasteiger partial charge in [-0.15, -0.1) is 5.10 Å². The maximum Gasteiger partial charge on any atom is 0.410 e. The van der Waals surface area contributed by atoms with Crippen molar-refractivity contribution in [3.05, 3.63) is 35.8 Å². The molecular formula is C25H35N7O4. The zero-order valence-electron chi connectivity index (χ0n) is 21.2. The smallest absolute Gasteiger partial charge is 0.410 e. The predicted octanol–water partition coefficient (Wildman–Crippen LogP) is 3.69. The first kappa shape index (κ1) is 25.6. The van der Waals surface area contributed by atoms with E-state index in [4.69, 9.17) is 4.74 Å². The maximum atomic E-state index is 13.3. The lowest BCUT2D eigenvalue weighted by atomic mass is 9.98. The summed E-state index contributed by atoms with van der Waals surface area (Å²) in [4.78, 5) is 41.9. The van der Waals surface area contributed by atoms with Crippen molar-refractivity contribution in [2.45, 2.75) is 83.4 Å². The topological polar surface area (TPSA) is 133 Å². The van der Waals surface area contributed by atoms with Gasteiger partial charge in [-0.05, 0) is 71.4 Å². The Morgan fingerprint density at radius 3 is 2.69 bits per heavy atom. The zero-order chi connectivity index (χ0) is 25.7. The number of carbonyl (C=O) groups is 3. The minimum Gasteiger partial charge on any atom is -0.444 e. The Morgan fingerprint density at radius 1 is 1.14 bits per heavy atom. The lowest BCUT2D eigenvalue weighted by Gasteiger charge is -2.35. The van der Waals surface area contributed by atoms with E-state index in [0.29, 0.717) is 31.7 Å². The van der Waals surface area contributed by atoms with Gasteiger partial charge in [0, 0.05) is 37.8 Å². The van der Waals surface area contributed by atoms with Crippen molar-refractivity contribution < 1.29 is 19.1 Å². The molecule has 2 aliphatic heterocycles. The monoisotopic (exact) mass is 497 g/mol. The number of amides is 3. The molecule has 0 aromatic carbocycles. The Hall–Kier alpha value is -3.50. The van der Waals surface area contributed by atoms with E-state index >= 15 is 0 Å². The zero-order valence-corrected chi connectivity index (χ0v) is 21.2. The molecule has 0 spiro atoms. The molecule has 36 heavy (non-hydrogen) atoms. The van der Waals surface area contributed by atoms with Gasteiger partial charge in [-0.2, -0.15) is 10.2 Å². The number of rotatable bonds is 6. The molecule has 2 unspecified atom stereocenters. The van der Waals surface area contributed by atoms with Crippen LogP contribution in [0.1, 0.15) is 87.9 Å². The highest BCUT2D eigenvalue weighted by atomic mass is 16.6. The van der Waals surface area contributed by atoms with Gasteiger partial charge >= 0.3 is 6.09 Å². The van der Waals surface area contributed by atoms with Crippen molar-refractivity contribution in [1.29, 1.82) is 0 Å². The molecule has 2 aliphatic rings. The molecule has 2 fully saturated rings. The van der Waals surface area contributed by atoms with Crippen LogP contribution >= 0.6 is 0 Å². The number of nitrogens with zero attached hydrogens (tertiary/aromatic N) is 5. The lowest BCUT2D eigenvalue weighted by Crippen LogP contribution is -2.41. The van der Waals surface area contributed by atoms with Gasteiger partial charge in [-0.3, -0.25) is 14.7 Å². The second-order valence-electron chi connectivity index (χ2n) is 10.4. The molecule has 0 saturated carbocycles. The van der Waals surface area contributed by atoms with Crippen LogP contribution in [0.15, 0.2) is 24.4 Å². The van der Waals surface area contributed by atoms with Crippen LogP contribution in [0.2, 0.25) is 0 Å². The second-order valence-corrected chi connectivity index (χ2v) is 10.4. The summed E-state index contributed by atoms with van der Waals surface area (Å²) in [7, 11) is 0. The largest absolute Gasteiger partial charge is 0.444 e. The van der Waals surface area contributed by atoms with Gasteiger partial charge in [-0.1, -0.05) is 0 Å². The standard InChI is InChI=1S/C25H35N7O4/c1-25(2,3)36-24(35)31-15-7-8-17(31)11-12-22(33)32-14-5-4-10-20(32)19-16-21(30-29-19)27-23(34)18-9-6-13-26-28-18/h6,9,13,16-17,20H,4-5,7-8,10-12,14-15H2,1-3H3,(H2,27,29,30,34). The summed E-state index contributed by atoms with van der Waals surface area (Å²) < 4.78 is 5.55. The average Bonchev–Trinajstić information content (AvgIpc) is 3.52. The van der Waals surface area contributed by atoms with Gasteiger partial charge in [0.1, 0.15) is 5.60 Å². The van der Waals surface area contributed by atoms with Crippen LogP contribution in [-0.4, -0.2) is 72.8 Å². The van der Waals surface area contributed by atoms with E-state index in [1.165, 1.54) is 6.20 Å². The van der Waals surface area contributed by atoms with E-state index in [9.17, 15) is 14.4 Å². The van der Waals surface area contributed by atoms with Crippen molar-refractivity contribution in [3.8, 4) is 0 Å². The molecule has 11 nitrogen and oxygen atoms in total. The van der Waals surface area contributed by atoms with Crippen molar-refractivity contribution >= 4 is 23.7 Å². The minimum atomic E-state index is -0.544. The van der Waals surface area contributed by atoms with Gasteiger partial charge in [-0.25, -0.2) is 4.79 Å². The first-order chi connectivity index (χ1) is 17.2. The molecular weight excluding hydrogens is 462 g/mol. The lowest BCUT2D eigenvalue weighted by molar-refractivity contribution is -0.135. The van der Waals surface area contributed by atoms with Gasteiger partial charge in [0.05, 0.1) is 11.7 Å². The fourth-order valence-corrected chi connectivity index (χ4v) is 4.86. The van der Waals surface area contributed by atoms with Crippen LogP contribution in [-0.2, 0) is 9.53 Å². The van der Waals surface area contributed by atoms with Crippen molar-refractivity contribution in [1.82, 2.24) is 30.2 Å². The van der Waals surface area contributed by atoms with Crippen LogP contribution in [0.25, 0.3) is 0 Å². The van der Waals surface area contributed by atoms with Crippen LogP contribution < -0.4 is 5.32 Å². The quantitative estimate of drug-likeness (QED) is 0.622. The molecule has 11 heteroatoms. The Kier molecular flexibility index (Phi) is 7.85. The van der Waals surface area contributed by atoms with E-state index in [-0.39, 0.29) is 29.8 Å². The van der Waals surface area contributed by atoms with E-state index in [2.05, 4.69) is 25.7 Å². The number of aromatic nitrogens is 4. The third-order valence-corrected chi connectivity index (χ3v) is 6.52. The average molecular weight is 498 g/mol. The third kappa shape index (κ3) is 6.38. The van der Waals surface area contributed by atoms with Crippen molar-refractivity contribution in [2.75, 3.05) is 18.4 Å². The highest BCUT2D eigenvalue weighted by molar-refractivity contribution is 6.02. The molecule has 2 saturated heterocycles. The van der Waals surface area contributed by atoms with E-state index < -0.39 is 11.5 Å². The Morgan fingerprint density at radius 2 is 1.94 bits per heavy atom. The number of hydrogen-bond acceptors (Lipinski definition) is 7. The maximum absolute atomic E-state index is 13.3. The van der Waals surface area contributed by atoms with E-state index in [0.717, 1.165) is 37.8 Å². The third-order valence-electron chi connectivity index (χ3n) is 6.52. The SMILES string of the molecule is CC(C)(C)OC(=O)N1CCCC1CCC(=O)N1CCCCC1c1cc(NC(=O)c2cccnn2)n[nH]1. The Bertz CT molecular complexity index is 1070. The summed E-state index contributed by atoms with van der Waals surface area (Å²) in [6, 6.07) is 4.87. The molecule has 4 rings (SSSR count). The number of carbonyl (C=O) groups excluding carboxylic acids is 3. The summed E-state index contributed by atoms with van der Waals surface area (Å²) in [6.07, 6.45) is 6.74. The van der Waals surface area contributed by atoms with Crippen LogP contribution in [0.3, 0.4) is 0 Å². The normalized spacial score (nSPS) is 20.3. The summed E-state index contributed by atoms with van der Waals surface area (Å²) >= 11 is 0. The van der Waals surface area contributed by atoms with E-state index in [1.54, 1.807) is 23.1 Å². The van der Waals surface area contributed by atoms with Gasteiger partial charge in [0.2, 0.25) is 5.91 Å². The molecule has 194 valence electrons. The molecule has 0 bridgehead atoms. The highest BCUT2D eigenvalue weighted by Gasteiger charge is 2.34. The van der Waals surface area contributed by atoms with Crippen LogP contribution in [0.5, 0.6) is 0 Å². The second kappa shape index (κ2) is 11.0. The number of anilines is 1. The van der Waals surface area contributed by atoms with Gasteiger partial charge in [0.25, 0.3) is 5.91 Å². The summed E-state index contributed by atoms with van der Waals surface area (Å²) in [6.45, 7) is 6.91. The molecule has 4 heterocycles. The predicted molar refractivity (Wildman–Crippen MR) is 132 cm³/mol. The number of hydrogen-bond donors (Lipinski definition) is 2. The van der Waals surface area contributed by atoms with Crippen molar-refractivity contribution in [3.63, 3.8) is 0 Å². The molecule has 0 radical (unpaired) electrons. The number of likely N-dealkylation sites (tertiary alicyclic amines) is 2. The number of nitrogens with one attached hydrogen (secondary N) is 2. The molecule has 2 atom stereocenters. The molecule has 2 aromatic rings. The fraction of sp³-hybridized carbons (Fsp3) is 0.600. The number of ether oxygens (including phenoxy) is 1. The molecule has 0 aliphatic carbocycles. The van der Waals surface area contributed by atoms with Gasteiger partial charge < -0.3 is 19.9 Å². The Labute approximate surface area is 211 Å². The number of piperidine rings is 1.